The molecule has 3 N–H and O–H groups in total. The van der Waals surface area contributed by atoms with E-state index >= 15 is 0 Å². The number of phenolic OH excluding ortho intramolecular Hbond substituents is 1. The third-order valence-corrected chi connectivity index (χ3v) is 6.64. The number of hydrogen-bond acceptors (Lipinski definition) is 5. The third-order valence-electron chi connectivity index (χ3n) is 6.64. The first-order chi connectivity index (χ1) is 18.1. The Bertz CT molecular complexity index is 939. The van der Waals surface area contributed by atoms with Gasteiger partial charge in [0.2, 0.25) is 11.8 Å². The zero-order valence-electron chi connectivity index (χ0n) is 25.9. The molecule has 0 heterocycles. The molecule has 1 aromatic carbocycles. The first kappa shape index (κ1) is 34.3. The Morgan fingerprint density at radius 2 is 1.67 bits per heavy atom. The second-order valence-corrected chi connectivity index (χ2v) is 12.4. The number of aromatic hydroxyl groups is 1. The van der Waals surface area contributed by atoms with E-state index in [9.17, 15) is 19.5 Å². The Kier molecular flexibility index (Phi) is 13.8. The van der Waals surface area contributed by atoms with Crippen LogP contribution in [0.15, 0.2) is 18.2 Å². The van der Waals surface area contributed by atoms with Gasteiger partial charge in [0.1, 0.15) is 23.4 Å². The molecule has 3 amide bonds. The topological polar surface area (TPSA) is 108 Å². The van der Waals surface area contributed by atoms with Crippen molar-refractivity contribution in [2.24, 2.45) is 11.8 Å². The minimum absolute atomic E-state index is 0.123. The fraction of sp³-hybridized carbons (Fsp3) is 0.710. The normalized spacial score (nSPS) is 14.1. The van der Waals surface area contributed by atoms with Crippen molar-refractivity contribution in [1.29, 1.82) is 0 Å². The van der Waals surface area contributed by atoms with Crippen molar-refractivity contribution in [2.75, 3.05) is 6.54 Å². The van der Waals surface area contributed by atoms with Gasteiger partial charge in [0.05, 0.1) is 0 Å². The zero-order chi connectivity index (χ0) is 29.9. The second kappa shape index (κ2) is 15.7. The Morgan fingerprint density at radius 3 is 2.18 bits per heavy atom. The predicted octanol–water partition coefficient (Wildman–Crippen LogP) is 6.25. The summed E-state index contributed by atoms with van der Waals surface area (Å²) in [4.78, 5) is 42.5. The van der Waals surface area contributed by atoms with Crippen LogP contribution >= 0.6 is 0 Å². The van der Waals surface area contributed by atoms with Crippen LogP contribution in [0.5, 0.6) is 5.75 Å². The lowest BCUT2D eigenvalue weighted by atomic mass is 9.94. The summed E-state index contributed by atoms with van der Waals surface area (Å²) in [5.41, 5.74) is 0.511. The molecule has 0 aromatic heterocycles. The number of phenols is 1. The van der Waals surface area contributed by atoms with Crippen molar-refractivity contribution in [3.05, 3.63) is 29.3 Å². The number of alkyl carbamates (subject to hydrolysis) is 1. The lowest BCUT2D eigenvalue weighted by Gasteiger charge is -2.39. The minimum atomic E-state index is -0.928. The van der Waals surface area contributed by atoms with Crippen molar-refractivity contribution >= 4 is 17.9 Å². The van der Waals surface area contributed by atoms with Crippen LogP contribution < -0.4 is 10.6 Å². The van der Waals surface area contributed by atoms with E-state index in [0.717, 1.165) is 25.7 Å². The summed E-state index contributed by atoms with van der Waals surface area (Å²) in [6.45, 7) is 19.6. The highest BCUT2D eigenvalue weighted by atomic mass is 16.6. The van der Waals surface area contributed by atoms with Gasteiger partial charge >= 0.3 is 6.09 Å². The minimum Gasteiger partial charge on any atom is -0.508 e. The fourth-order valence-corrected chi connectivity index (χ4v) is 4.39. The molecule has 222 valence electrons. The van der Waals surface area contributed by atoms with Gasteiger partial charge in [0.15, 0.2) is 0 Å². The van der Waals surface area contributed by atoms with Crippen LogP contribution in [-0.4, -0.2) is 52.1 Å². The maximum atomic E-state index is 14.3. The van der Waals surface area contributed by atoms with E-state index in [1.54, 1.807) is 50.8 Å². The zero-order valence-corrected chi connectivity index (χ0v) is 25.9. The SMILES string of the molecule is CCCCCNC(=O)C(c1ccc(O)c(C)c1)N(C(=O)C(NC(=O)OC(C)(C)C)C(C)C)C(C)CCC(C)C. The van der Waals surface area contributed by atoms with E-state index in [-0.39, 0.29) is 29.5 Å². The smallest absolute Gasteiger partial charge is 0.408 e. The van der Waals surface area contributed by atoms with E-state index < -0.39 is 23.8 Å². The van der Waals surface area contributed by atoms with Gasteiger partial charge in [-0.15, -0.1) is 0 Å². The molecule has 1 aromatic rings. The molecule has 39 heavy (non-hydrogen) atoms. The first-order valence-corrected chi connectivity index (χ1v) is 14.5. The van der Waals surface area contributed by atoms with E-state index in [0.29, 0.717) is 30.0 Å². The van der Waals surface area contributed by atoms with Crippen LogP contribution in [0.25, 0.3) is 0 Å². The molecule has 8 heteroatoms. The van der Waals surface area contributed by atoms with Gasteiger partial charge in [-0.3, -0.25) is 9.59 Å². The van der Waals surface area contributed by atoms with Gasteiger partial charge in [0, 0.05) is 12.6 Å². The quantitative estimate of drug-likeness (QED) is 0.239. The van der Waals surface area contributed by atoms with Crippen molar-refractivity contribution in [3.63, 3.8) is 0 Å². The Hall–Kier alpha value is -2.77. The van der Waals surface area contributed by atoms with Crippen molar-refractivity contribution in [1.82, 2.24) is 15.5 Å². The maximum absolute atomic E-state index is 14.3. The predicted molar refractivity (Wildman–Crippen MR) is 156 cm³/mol. The number of hydrogen-bond donors (Lipinski definition) is 3. The lowest BCUT2D eigenvalue weighted by molar-refractivity contribution is -0.146. The van der Waals surface area contributed by atoms with Gasteiger partial charge in [-0.2, -0.15) is 0 Å². The molecule has 1 rings (SSSR count). The summed E-state index contributed by atoms with van der Waals surface area (Å²) in [5, 5.41) is 16.0. The molecule has 3 atom stereocenters. The Labute approximate surface area is 236 Å². The Balaban J connectivity index is 3.59. The highest BCUT2D eigenvalue weighted by Gasteiger charge is 2.40. The largest absolute Gasteiger partial charge is 0.508 e. The Morgan fingerprint density at radius 1 is 1.03 bits per heavy atom. The number of carbonyl (C=O) groups is 3. The molecule has 3 unspecified atom stereocenters. The van der Waals surface area contributed by atoms with Gasteiger partial charge in [-0.25, -0.2) is 4.79 Å². The fourth-order valence-electron chi connectivity index (χ4n) is 4.39. The number of unbranched alkanes of at least 4 members (excludes halogenated alkanes) is 2. The summed E-state index contributed by atoms with van der Waals surface area (Å²) in [7, 11) is 0. The molecule has 0 aliphatic heterocycles. The van der Waals surface area contributed by atoms with Crippen LogP contribution in [0.3, 0.4) is 0 Å². The molecule has 0 radical (unpaired) electrons. The van der Waals surface area contributed by atoms with E-state index in [1.165, 1.54) is 0 Å². The molecule has 0 aliphatic carbocycles. The molecule has 0 bridgehead atoms. The summed E-state index contributed by atoms with van der Waals surface area (Å²) in [6, 6.07) is 2.90. The van der Waals surface area contributed by atoms with Crippen LogP contribution in [0.2, 0.25) is 0 Å². The number of benzene rings is 1. The molecule has 0 saturated heterocycles. The van der Waals surface area contributed by atoms with Gasteiger partial charge < -0.3 is 25.4 Å². The third kappa shape index (κ3) is 11.5. The number of amides is 3. The van der Waals surface area contributed by atoms with Crippen molar-refractivity contribution in [2.45, 2.75) is 125 Å². The molecule has 0 aliphatic rings. The average Bonchev–Trinajstić information content (AvgIpc) is 2.82. The summed E-state index contributed by atoms with van der Waals surface area (Å²) in [5.74, 6) is -0.326. The van der Waals surface area contributed by atoms with E-state index in [1.807, 2.05) is 20.8 Å². The van der Waals surface area contributed by atoms with Crippen molar-refractivity contribution in [3.8, 4) is 5.75 Å². The molecular weight excluding hydrogens is 494 g/mol. The number of ether oxygens (including phenoxy) is 1. The number of rotatable bonds is 14. The monoisotopic (exact) mass is 547 g/mol. The molecule has 0 fully saturated rings. The second-order valence-electron chi connectivity index (χ2n) is 12.4. The summed E-state index contributed by atoms with van der Waals surface area (Å²) < 4.78 is 5.46. The van der Waals surface area contributed by atoms with Crippen molar-refractivity contribution < 1.29 is 24.2 Å². The van der Waals surface area contributed by atoms with Gasteiger partial charge in [-0.1, -0.05) is 53.5 Å². The van der Waals surface area contributed by atoms with E-state index in [4.69, 9.17) is 4.74 Å². The average molecular weight is 548 g/mol. The van der Waals surface area contributed by atoms with Crippen LogP contribution in [0, 0.1) is 18.8 Å². The van der Waals surface area contributed by atoms with E-state index in [2.05, 4.69) is 31.4 Å². The maximum Gasteiger partial charge on any atom is 0.408 e. The van der Waals surface area contributed by atoms with Crippen LogP contribution in [0.1, 0.15) is 112 Å². The summed E-state index contributed by atoms with van der Waals surface area (Å²) >= 11 is 0. The molecule has 8 nitrogen and oxygen atoms in total. The van der Waals surface area contributed by atoms with Gasteiger partial charge in [-0.05, 0) is 89.0 Å². The number of carbonyl (C=O) groups excluding carboxylic acids is 3. The highest BCUT2D eigenvalue weighted by molar-refractivity contribution is 5.92. The summed E-state index contributed by atoms with van der Waals surface area (Å²) in [6.07, 6.45) is 3.75. The molecular formula is C31H53N3O5. The number of nitrogens with one attached hydrogen (secondary N) is 2. The lowest BCUT2D eigenvalue weighted by Crippen LogP contribution is -2.57. The van der Waals surface area contributed by atoms with Gasteiger partial charge in [0.25, 0.3) is 0 Å². The number of nitrogens with zero attached hydrogens (tertiary/aromatic N) is 1. The molecule has 0 saturated carbocycles. The highest BCUT2D eigenvalue weighted by Crippen LogP contribution is 2.31. The van der Waals surface area contributed by atoms with Crippen LogP contribution in [-0.2, 0) is 14.3 Å². The standard InChI is InChI=1S/C31H53N3O5/c1-11-12-13-18-32-28(36)27(24-16-17-25(35)22(6)19-24)34(23(7)15-14-20(2)3)29(37)26(21(4)5)33-30(38)39-31(8,9)10/h16-17,19-21,23,26-27,35H,11-15,18H2,1-10H3,(H,32,36)(H,33,38). The molecule has 0 spiro atoms. The number of aryl methyl sites for hydroxylation is 1. The van der Waals surface area contributed by atoms with Crippen LogP contribution in [0.4, 0.5) is 4.79 Å². The first-order valence-electron chi connectivity index (χ1n) is 14.5.